The summed E-state index contributed by atoms with van der Waals surface area (Å²) in [7, 11) is 1.00. The Balaban J connectivity index is 0. The Morgan fingerprint density at radius 3 is 1.75 bits per heavy atom. The second-order valence-corrected chi connectivity index (χ2v) is 1.14. The summed E-state index contributed by atoms with van der Waals surface area (Å²) in [5.41, 5.74) is 5.09. The first-order valence-corrected chi connectivity index (χ1v) is 2.04. The minimum absolute atomic E-state index is 0.398. The molecule has 0 aliphatic carbocycles. The number of amides is 1. The van der Waals surface area contributed by atoms with Crippen LogP contribution in [0.3, 0.4) is 0 Å². The van der Waals surface area contributed by atoms with E-state index in [9.17, 15) is 4.79 Å². The molecule has 3 nitrogen and oxygen atoms in total. The van der Waals surface area contributed by atoms with Crippen molar-refractivity contribution in [3.63, 3.8) is 0 Å². The van der Waals surface area contributed by atoms with Crippen molar-refractivity contribution in [3.05, 3.63) is 12.2 Å². The lowest BCUT2D eigenvalue weighted by atomic mass is 10.3. The smallest absolute Gasteiger partial charge is 0.243 e. The number of rotatable bonds is 1. The van der Waals surface area contributed by atoms with E-state index in [0.717, 1.165) is 7.11 Å². The first-order chi connectivity index (χ1) is 3.64. The molecule has 0 aromatic carbocycles. The summed E-state index contributed by atoms with van der Waals surface area (Å²) in [4.78, 5) is 9.82. The van der Waals surface area contributed by atoms with Crippen molar-refractivity contribution in [2.45, 2.75) is 6.92 Å². The average Bonchev–Trinajstić information content (AvgIpc) is 1.72. The van der Waals surface area contributed by atoms with E-state index in [1.807, 2.05) is 0 Å². The van der Waals surface area contributed by atoms with Gasteiger partial charge in [-0.2, -0.15) is 0 Å². The zero-order valence-electron chi connectivity index (χ0n) is 5.14. The molecule has 0 rings (SSSR count). The molecule has 0 spiro atoms. The molecule has 0 unspecified atom stereocenters. The summed E-state index contributed by atoms with van der Waals surface area (Å²) in [6.07, 6.45) is 0. The largest absolute Gasteiger partial charge is 0.400 e. The van der Waals surface area contributed by atoms with Crippen molar-refractivity contribution in [2.75, 3.05) is 7.11 Å². The molecule has 3 N–H and O–H groups in total. The number of primary amides is 1. The van der Waals surface area contributed by atoms with Crippen LogP contribution >= 0.6 is 0 Å². The molecule has 48 valence electrons. The summed E-state index contributed by atoms with van der Waals surface area (Å²) in [6, 6.07) is 0. The van der Waals surface area contributed by atoms with Gasteiger partial charge in [0.15, 0.2) is 0 Å². The lowest BCUT2D eigenvalue weighted by molar-refractivity contribution is -0.114. The van der Waals surface area contributed by atoms with E-state index in [1.54, 1.807) is 6.92 Å². The molecule has 0 saturated carbocycles. The lowest BCUT2D eigenvalue weighted by Crippen LogP contribution is -2.10. The van der Waals surface area contributed by atoms with Gasteiger partial charge < -0.3 is 10.8 Å². The molecule has 0 radical (unpaired) electrons. The second-order valence-electron chi connectivity index (χ2n) is 1.14. The molecule has 0 aromatic rings. The van der Waals surface area contributed by atoms with Gasteiger partial charge in [0, 0.05) is 12.7 Å². The van der Waals surface area contributed by atoms with Crippen LogP contribution in [0.5, 0.6) is 0 Å². The molecule has 8 heavy (non-hydrogen) atoms. The summed E-state index contributed by atoms with van der Waals surface area (Å²) in [5.74, 6) is -0.435. The highest BCUT2D eigenvalue weighted by Gasteiger charge is 1.86. The van der Waals surface area contributed by atoms with Gasteiger partial charge in [-0.05, 0) is 6.92 Å². The van der Waals surface area contributed by atoms with Crippen molar-refractivity contribution >= 4 is 5.91 Å². The quantitative estimate of drug-likeness (QED) is 0.461. The summed E-state index contributed by atoms with van der Waals surface area (Å²) in [6.45, 7) is 4.85. The zero-order chi connectivity index (χ0) is 7.15. The second kappa shape index (κ2) is 6.17. The molecule has 0 saturated heterocycles. The monoisotopic (exact) mass is 117 g/mol. The van der Waals surface area contributed by atoms with E-state index in [1.165, 1.54) is 0 Å². The molecule has 0 fully saturated rings. The van der Waals surface area contributed by atoms with E-state index < -0.39 is 5.91 Å². The maximum absolute atomic E-state index is 9.82. The topological polar surface area (TPSA) is 63.3 Å². The van der Waals surface area contributed by atoms with Crippen LogP contribution in [0.2, 0.25) is 0 Å². The van der Waals surface area contributed by atoms with Crippen LogP contribution in [0.4, 0.5) is 0 Å². The SMILES string of the molecule is C=C(C)C(N)=O.CO. The predicted octanol–water partition coefficient (Wildman–Crippen LogP) is -0.344. The Morgan fingerprint density at radius 1 is 1.62 bits per heavy atom. The Hall–Kier alpha value is -0.830. The number of carbonyl (C=O) groups excluding carboxylic acids is 1. The van der Waals surface area contributed by atoms with Gasteiger partial charge in [0.05, 0.1) is 0 Å². The van der Waals surface area contributed by atoms with Gasteiger partial charge in [0.1, 0.15) is 0 Å². The highest BCUT2D eigenvalue weighted by molar-refractivity contribution is 5.90. The van der Waals surface area contributed by atoms with Crippen molar-refractivity contribution in [2.24, 2.45) is 5.73 Å². The molecule has 0 aliphatic rings. The van der Waals surface area contributed by atoms with E-state index in [2.05, 4.69) is 6.58 Å². The molecule has 0 heterocycles. The number of carbonyl (C=O) groups is 1. The van der Waals surface area contributed by atoms with Crippen molar-refractivity contribution in [3.8, 4) is 0 Å². The maximum Gasteiger partial charge on any atom is 0.243 e. The fourth-order valence-electron chi connectivity index (χ4n) is 0. The van der Waals surface area contributed by atoms with E-state index in [-0.39, 0.29) is 0 Å². The predicted molar refractivity (Wildman–Crippen MR) is 32.2 cm³/mol. The van der Waals surface area contributed by atoms with Crippen molar-refractivity contribution in [1.29, 1.82) is 0 Å². The van der Waals surface area contributed by atoms with Crippen LogP contribution in [0.25, 0.3) is 0 Å². The van der Waals surface area contributed by atoms with Crippen LogP contribution < -0.4 is 5.73 Å². The molecule has 0 atom stereocenters. The standard InChI is InChI=1S/C4H7NO.CH4O/c1-3(2)4(5)6;1-2/h1H2,2H3,(H2,5,6);2H,1H3. The Kier molecular flexibility index (Phi) is 7.88. The van der Waals surface area contributed by atoms with Crippen LogP contribution in [0, 0.1) is 0 Å². The Bertz CT molecular complexity index is 76.4. The fourth-order valence-corrected chi connectivity index (χ4v) is 0. The third-order valence-electron chi connectivity index (χ3n) is 0.421. The molecule has 0 bridgehead atoms. The van der Waals surface area contributed by atoms with Crippen LogP contribution in [-0.4, -0.2) is 18.1 Å². The van der Waals surface area contributed by atoms with Crippen LogP contribution in [0.1, 0.15) is 6.92 Å². The Morgan fingerprint density at radius 2 is 1.75 bits per heavy atom. The van der Waals surface area contributed by atoms with Gasteiger partial charge in [0.25, 0.3) is 0 Å². The minimum Gasteiger partial charge on any atom is -0.400 e. The lowest BCUT2D eigenvalue weighted by Gasteiger charge is -1.81. The van der Waals surface area contributed by atoms with E-state index in [0.29, 0.717) is 5.57 Å². The van der Waals surface area contributed by atoms with Gasteiger partial charge in [-0.1, -0.05) is 6.58 Å². The van der Waals surface area contributed by atoms with Gasteiger partial charge >= 0.3 is 0 Å². The number of aliphatic hydroxyl groups excluding tert-OH is 1. The molecular formula is C5H11NO2. The van der Waals surface area contributed by atoms with Gasteiger partial charge in [-0.25, -0.2) is 0 Å². The molecular weight excluding hydrogens is 106 g/mol. The third kappa shape index (κ3) is 8.95. The summed E-state index contributed by atoms with van der Waals surface area (Å²) < 4.78 is 0. The van der Waals surface area contributed by atoms with E-state index in [4.69, 9.17) is 10.8 Å². The minimum atomic E-state index is -0.435. The van der Waals surface area contributed by atoms with Gasteiger partial charge in [-0.15, -0.1) is 0 Å². The van der Waals surface area contributed by atoms with Gasteiger partial charge in [0.2, 0.25) is 5.91 Å². The number of nitrogens with two attached hydrogens (primary N) is 1. The normalized spacial score (nSPS) is 6.38. The highest BCUT2D eigenvalue weighted by atomic mass is 16.2. The van der Waals surface area contributed by atoms with Crippen LogP contribution in [-0.2, 0) is 4.79 Å². The zero-order valence-corrected chi connectivity index (χ0v) is 5.14. The number of hydrogen-bond acceptors (Lipinski definition) is 2. The number of hydrogen-bond donors (Lipinski definition) is 2. The van der Waals surface area contributed by atoms with Crippen molar-refractivity contribution in [1.82, 2.24) is 0 Å². The first kappa shape index (κ1) is 10.2. The van der Waals surface area contributed by atoms with E-state index >= 15 is 0 Å². The number of aliphatic hydroxyl groups is 1. The fraction of sp³-hybridized carbons (Fsp3) is 0.400. The average molecular weight is 117 g/mol. The molecule has 1 amide bonds. The molecule has 0 aliphatic heterocycles. The third-order valence-corrected chi connectivity index (χ3v) is 0.421. The maximum atomic E-state index is 9.82. The van der Waals surface area contributed by atoms with Crippen LogP contribution in [0.15, 0.2) is 12.2 Å². The highest BCUT2D eigenvalue weighted by Crippen LogP contribution is 1.78. The summed E-state index contributed by atoms with van der Waals surface area (Å²) >= 11 is 0. The molecule has 3 heteroatoms. The first-order valence-electron chi connectivity index (χ1n) is 2.04. The Labute approximate surface area is 48.8 Å². The van der Waals surface area contributed by atoms with Crippen molar-refractivity contribution < 1.29 is 9.90 Å². The summed E-state index contributed by atoms with van der Waals surface area (Å²) in [5, 5.41) is 7.00. The molecule has 0 aromatic heterocycles. The van der Waals surface area contributed by atoms with Gasteiger partial charge in [-0.3, -0.25) is 4.79 Å².